The second-order valence-corrected chi connectivity index (χ2v) is 3.84. The van der Waals surface area contributed by atoms with E-state index in [0.29, 0.717) is 0 Å². The van der Waals surface area contributed by atoms with E-state index in [9.17, 15) is 33.9 Å². The van der Waals surface area contributed by atoms with Gasteiger partial charge in [-0.3, -0.25) is 19.2 Å². The molecule has 0 bridgehead atoms. The number of carboxylic acid groups (broad SMARTS) is 3. The molecule has 0 amide bonds. The molecule has 0 radical (unpaired) electrons. The van der Waals surface area contributed by atoms with Crippen molar-refractivity contribution in [1.29, 1.82) is 0 Å². The van der Waals surface area contributed by atoms with Gasteiger partial charge >= 0.3 is 29.8 Å². The van der Waals surface area contributed by atoms with Crippen LogP contribution in [0.2, 0.25) is 0 Å². The molecule has 21 heavy (non-hydrogen) atoms. The lowest BCUT2D eigenvalue weighted by molar-refractivity contribution is -0.175. The monoisotopic (exact) mass is 306 g/mol. The first-order chi connectivity index (χ1) is 9.47. The SMILES string of the molecule is O=C(O)CC(O)(CC(=O)OC(=O)CC(=O)C(=O)O)C(=O)O. The zero-order chi connectivity index (χ0) is 16.8. The van der Waals surface area contributed by atoms with Crippen LogP contribution in [-0.2, 0) is 33.5 Å². The molecule has 4 N–H and O–H groups in total. The fourth-order valence-electron chi connectivity index (χ4n) is 1.11. The zero-order valence-electron chi connectivity index (χ0n) is 10.3. The normalized spacial score (nSPS) is 12.8. The Morgan fingerprint density at radius 3 is 1.76 bits per heavy atom. The van der Waals surface area contributed by atoms with Gasteiger partial charge in [-0.1, -0.05) is 0 Å². The number of aliphatic carboxylic acids is 3. The summed E-state index contributed by atoms with van der Waals surface area (Å²) in [5, 5.41) is 34.7. The Balaban J connectivity index is 4.69. The average molecular weight is 306 g/mol. The topological polar surface area (TPSA) is 193 Å². The van der Waals surface area contributed by atoms with E-state index in [2.05, 4.69) is 4.74 Å². The molecule has 0 saturated carbocycles. The summed E-state index contributed by atoms with van der Waals surface area (Å²) in [5.74, 6) is -10.4. The van der Waals surface area contributed by atoms with Crippen LogP contribution < -0.4 is 0 Å². The fourth-order valence-corrected chi connectivity index (χ4v) is 1.11. The third-order valence-electron chi connectivity index (χ3n) is 2.05. The summed E-state index contributed by atoms with van der Waals surface area (Å²) >= 11 is 0. The maximum Gasteiger partial charge on any atom is 0.372 e. The number of rotatable bonds is 8. The summed E-state index contributed by atoms with van der Waals surface area (Å²) in [6.45, 7) is 0. The molecule has 1 unspecified atom stereocenters. The van der Waals surface area contributed by atoms with Gasteiger partial charge in [0.1, 0.15) is 6.42 Å². The first-order valence-corrected chi connectivity index (χ1v) is 5.15. The van der Waals surface area contributed by atoms with Gasteiger partial charge in [0.15, 0.2) is 5.60 Å². The van der Waals surface area contributed by atoms with Crippen molar-refractivity contribution in [2.75, 3.05) is 0 Å². The highest BCUT2D eigenvalue weighted by Crippen LogP contribution is 2.17. The van der Waals surface area contributed by atoms with Crippen molar-refractivity contribution in [2.24, 2.45) is 0 Å². The van der Waals surface area contributed by atoms with Crippen LogP contribution >= 0.6 is 0 Å². The Morgan fingerprint density at radius 2 is 1.38 bits per heavy atom. The van der Waals surface area contributed by atoms with Gasteiger partial charge in [-0.2, -0.15) is 0 Å². The summed E-state index contributed by atoms with van der Waals surface area (Å²) in [7, 11) is 0. The molecule has 0 aromatic heterocycles. The van der Waals surface area contributed by atoms with Crippen LogP contribution in [0.1, 0.15) is 19.3 Å². The van der Waals surface area contributed by atoms with E-state index in [1.807, 2.05) is 0 Å². The van der Waals surface area contributed by atoms with Crippen molar-refractivity contribution in [2.45, 2.75) is 24.9 Å². The molecule has 0 saturated heterocycles. The standard InChI is InChI=1S/C10H10O11/c11-4(8(16)17)1-6(14)21-7(15)3-10(20,9(18)19)2-5(12)13/h20H,1-3H2,(H,12,13)(H,16,17)(H,18,19). The number of carbonyl (C=O) groups excluding carboxylic acids is 3. The van der Waals surface area contributed by atoms with Gasteiger partial charge < -0.3 is 25.2 Å². The number of hydrogen-bond acceptors (Lipinski definition) is 8. The predicted octanol–water partition coefficient (Wildman–Crippen LogP) is -2.22. The van der Waals surface area contributed by atoms with Crippen molar-refractivity contribution in [3.05, 3.63) is 0 Å². The molecular weight excluding hydrogens is 296 g/mol. The van der Waals surface area contributed by atoms with E-state index in [1.165, 1.54) is 0 Å². The van der Waals surface area contributed by atoms with Gasteiger partial charge in [-0.25, -0.2) is 9.59 Å². The second kappa shape index (κ2) is 7.09. The first-order valence-electron chi connectivity index (χ1n) is 5.15. The summed E-state index contributed by atoms with van der Waals surface area (Å²) in [6.07, 6.45) is -3.98. The van der Waals surface area contributed by atoms with Gasteiger partial charge in [0, 0.05) is 0 Å². The number of esters is 2. The van der Waals surface area contributed by atoms with Gasteiger partial charge in [0.25, 0.3) is 5.78 Å². The Bertz CT molecular complexity index is 505. The molecule has 1 atom stereocenters. The minimum atomic E-state index is -3.00. The Labute approximate surface area is 115 Å². The predicted molar refractivity (Wildman–Crippen MR) is 57.8 cm³/mol. The lowest BCUT2D eigenvalue weighted by Crippen LogP contribution is -2.43. The van der Waals surface area contributed by atoms with E-state index >= 15 is 0 Å². The van der Waals surface area contributed by atoms with Crippen LogP contribution in [0.4, 0.5) is 0 Å². The Kier molecular flexibility index (Phi) is 6.14. The Morgan fingerprint density at radius 1 is 0.857 bits per heavy atom. The van der Waals surface area contributed by atoms with Crippen molar-refractivity contribution in [3.8, 4) is 0 Å². The Hall–Kier alpha value is -2.82. The fraction of sp³-hybridized carbons (Fsp3) is 0.400. The van der Waals surface area contributed by atoms with Crippen LogP contribution in [0, 0.1) is 0 Å². The van der Waals surface area contributed by atoms with Gasteiger partial charge in [0.05, 0.1) is 12.8 Å². The zero-order valence-corrected chi connectivity index (χ0v) is 10.3. The summed E-state index contributed by atoms with van der Waals surface area (Å²) in [6, 6.07) is 0. The van der Waals surface area contributed by atoms with Crippen LogP contribution in [0.3, 0.4) is 0 Å². The summed E-state index contributed by atoms with van der Waals surface area (Å²) in [5.41, 5.74) is -3.00. The summed E-state index contributed by atoms with van der Waals surface area (Å²) in [4.78, 5) is 64.0. The van der Waals surface area contributed by atoms with E-state index in [4.69, 9.17) is 15.3 Å². The summed E-state index contributed by atoms with van der Waals surface area (Å²) < 4.78 is 3.92. The third-order valence-corrected chi connectivity index (χ3v) is 2.05. The molecule has 0 rings (SSSR count). The molecule has 0 spiro atoms. The van der Waals surface area contributed by atoms with Crippen LogP contribution in [0.25, 0.3) is 0 Å². The van der Waals surface area contributed by atoms with Gasteiger partial charge in [0.2, 0.25) is 0 Å². The molecule has 0 aromatic rings. The molecule has 0 aromatic carbocycles. The van der Waals surface area contributed by atoms with Crippen LogP contribution in [-0.4, -0.2) is 61.7 Å². The molecule has 0 fully saturated rings. The smallest absolute Gasteiger partial charge is 0.372 e. The highest BCUT2D eigenvalue weighted by molar-refractivity contribution is 6.36. The van der Waals surface area contributed by atoms with Gasteiger partial charge in [-0.05, 0) is 0 Å². The highest BCUT2D eigenvalue weighted by Gasteiger charge is 2.42. The van der Waals surface area contributed by atoms with E-state index < -0.39 is 60.5 Å². The number of ketones is 1. The highest BCUT2D eigenvalue weighted by atomic mass is 16.6. The molecule has 11 nitrogen and oxygen atoms in total. The second-order valence-electron chi connectivity index (χ2n) is 3.84. The lowest BCUT2D eigenvalue weighted by atomic mass is 9.96. The first kappa shape index (κ1) is 18.2. The maximum absolute atomic E-state index is 11.2. The average Bonchev–Trinajstić information content (AvgIpc) is 2.26. The third kappa shape index (κ3) is 6.24. The lowest BCUT2D eigenvalue weighted by Gasteiger charge is -2.19. The molecule has 0 aliphatic heterocycles. The molecular formula is C10H10O11. The number of ether oxygens (including phenoxy) is 1. The van der Waals surface area contributed by atoms with E-state index in [-0.39, 0.29) is 0 Å². The van der Waals surface area contributed by atoms with Crippen molar-refractivity contribution in [3.63, 3.8) is 0 Å². The number of carboxylic acids is 3. The van der Waals surface area contributed by atoms with Crippen LogP contribution in [0.15, 0.2) is 0 Å². The molecule has 0 aliphatic rings. The van der Waals surface area contributed by atoms with Crippen molar-refractivity contribution < 1.29 is 53.9 Å². The van der Waals surface area contributed by atoms with E-state index in [1.54, 1.807) is 0 Å². The largest absolute Gasteiger partial charge is 0.481 e. The molecule has 116 valence electrons. The number of Topliss-reactive ketones (excluding diaryl/α,β-unsaturated/α-hetero) is 1. The van der Waals surface area contributed by atoms with Crippen molar-refractivity contribution >= 4 is 35.6 Å². The molecule has 0 heterocycles. The van der Waals surface area contributed by atoms with E-state index in [0.717, 1.165) is 0 Å². The number of carbonyl (C=O) groups is 6. The quantitative estimate of drug-likeness (QED) is 0.215. The minimum Gasteiger partial charge on any atom is -0.481 e. The van der Waals surface area contributed by atoms with Crippen molar-refractivity contribution in [1.82, 2.24) is 0 Å². The molecule has 0 aliphatic carbocycles. The maximum atomic E-state index is 11.2. The number of aliphatic hydroxyl groups is 1. The number of hydrogen-bond donors (Lipinski definition) is 4. The molecule has 11 heteroatoms. The van der Waals surface area contributed by atoms with Crippen LogP contribution in [0.5, 0.6) is 0 Å². The van der Waals surface area contributed by atoms with Gasteiger partial charge in [-0.15, -0.1) is 0 Å². The minimum absolute atomic E-state index is 1.27.